The smallest absolute Gasteiger partial charge is 0.328 e. The number of nitrogens with zero attached hydrogens (tertiary/aromatic N) is 1. The van der Waals surface area contributed by atoms with Crippen LogP contribution < -0.4 is 15.4 Å². The number of ether oxygens (including phenoxy) is 1. The van der Waals surface area contributed by atoms with E-state index in [2.05, 4.69) is 5.32 Å². The van der Waals surface area contributed by atoms with Crippen molar-refractivity contribution < 1.29 is 29.5 Å². The molecule has 0 aliphatic heterocycles. The van der Waals surface area contributed by atoms with Crippen LogP contribution in [0.25, 0.3) is 0 Å². The van der Waals surface area contributed by atoms with Crippen LogP contribution >= 0.6 is 0 Å². The first-order valence-corrected chi connectivity index (χ1v) is 5.62. The Morgan fingerprint density at radius 3 is 2.62 bits per heavy atom. The molecule has 0 fully saturated rings. The molecule has 1 rings (SSSR count). The zero-order valence-electron chi connectivity index (χ0n) is 10.9. The minimum absolute atomic E-state index is 0.0183. The number of nitro benzene ring substituents is 1. The van der Waals surface area contributed by atoms with Crippen LogP contribution in [0.3, 0.4) is 0 Å². The standard InChI is InChI=1S/C11H13N3O7/c1-21-9-3-2-6(4-8(9)14(19)20)12-11(18)13-7(5-15)10(16)17/h2-4,7,15H,5H2,1H3,(H,16,17)(H2,12,13,18)/t7-/m0/s1. The number of amides is 2. The molecule has 0 radical (unpaired) electrons. The van der Waals surface area contributed by atoms with Crippen molar-refractivity contribution in [3.63, 3.8) is 0 Å². The van der Waals surface area contributed by atoms with Gasteiger partial charge >= 0.3 is 17.7 Å². The first-order chi connectivity index (χ1) is 9.88. The van der Waals surface area contributed by atoms with E-state index < -0.39 is 29.6 Å². The molecule has 0 spiro atoms. The van der Waals surface area contributed by atoms with Crippen LogP contribution in [0.1, 0.15) is 0 Å². The van der Waals surface area contributed by atoms with E-state index in [9.17, 15) is 19.7 Å². The fraction of sp³-hybridized carbons (Fsp3) is 0.273. The fourth-order valence-corrected chi connectivity index (χ4v) is 1.42. The van der Waals surface area contributed by atoms with Gasteiger partial charge in [0.05, 0.1) is 18.6 Å². The molecule has 114 valence electrons. The highest BCUT2D eigenvalue weighted by atomic mass is 16.6. The molecule has 0 heterocycles. The van der Waals surface area contributed by atoms with Gasteiger partial charge < -0.3 is 25.6 Å². The summed E-state index contributed by atoms with van der Waals surface area (Å²) in [4.78, 5) is 32.3. The number of aliphatic hydroxyl groups excluding tert-OH is 1. The molecular formula is C11H13N3O7. The van der Waals surface area contributed by atoms with Gasteiger partial charge in [0.25, 0.3) is 0 Å². The number of nitrogens with one attached hydrogen (secondary N) is 2. The van der Waals surface area contributed by atoms with Crippen molar-refractivity contribution in [1.29, 1.82) is 0 Å². The summed E-state index contributed by atoms with van der Waals surface area (Å²) in [6, 6.07) is 1.30. The number of anilines is 1. The number of aliphatic hydroxyl groups is 1. The monoisotopic (exact) mass is 299 g/mol. The zero-order chi connectivity index (χ0) is 16.0. The Balaban J connectivity index is 2.83. The van der Waals surface area contributed by atoms with Gasteiger partial charge in [0.2, 0.25) is 0 Å². The van der Waals surface area contributed by atoms with E-state index in [4.69, 9.17) is 14.9 Å². The largest absolute Gasteiger partial charge is 0.490 e. The van der Waals surface area contributed by atoms with E-state index in [1.807, 2.05) is 5.32 Å². The number of nitro groups is 1. The SMILES string of the molecule is COc1ccc(NC(=O)N[C@@H](CO)C(=O)O)cc1[N+](=O)[O-]. The number of rotatable bonds is 6. The summed E-state index contributed by atoms with van der Waals surface area (Å²) < 4.78 is 4.80. The quantitative estimate of drug-likeness (QED) is 0.431. The minimum atomic E-state index is -1.47. The zero-order valence-corrected chi connectivity index (χ0v) is 10.9. The molecule has 1 aromatic carbocycles. The lowest BCUT2D eigenvalue weighted by Crippen LogP contribution is -2.45. The van der Waals surface area contributed by atoms with Crippen molar-refractivity contribution in [3.8, 4) is 5.75 Å². The molecule has 4 N–H and O–H groups in total. The van der Waals surface area contributed by atoms with E-state index in [1.165, 1.54) is 19.2 Å². The maximum atomic E-state index is 11.5. The Hall–Kier alpha value is -2.88. The molecule has 0 saturated carbocycles. The molecule has 0 unspecified atom stereocenters. The number of benzene rings is 1. The fourth-order valence-electron chi connectivity index (χ4n) is 1.42. The third kappa shape index (κ3) is 4.31. The molecule has 1 atom stereocenters. The molecule has 21 heavy (non-hydrogen) atoms. The molecule has 0 aliphatic carbocycles. The van der Waals surface area contributed by atoms with Crippen molar-refractivity contribution in [2.45, 2.75) is 6.04 Å². The normalized spacial score (nSPS) is 11.3. The Labute approximate surface area is 118 Å². The second kappa shape index (κ2) is 7.05. The van der Waals surface area contributed by atoms with Gasteiger partial charge in [-0.1, -0.05) is 0 Å². The van der Waals surface area contributed by atoms with Crippen molar-refractivity contribution in [1.82, 2.24) is 5.32 Å². The second-order valence-electron chi connectivity index (χ2n) is 3.82. The Bertz CT molecular complexity index is 561. The van der Waals surface area contributed by atoms with Crippen LogP contribution in [0, 0.1) is 10.1 Å². The van der Waals surface area contributed by atoms with E-state index in [0.717, 1.165) is 6.07 Å². The van der Waals surface area contributed by atoms with Crippen molar-refractivity contribution in [3.05, 3.63) is 28.3 Å². The van der Waals surface area contributed by atoms with Gasteiger partial charge in [0.1, 0.15) is 0 Å². The number of carbonyl (C=O) groups is 2. The average Bonchev–Trinajstić information content (AvgIpc) is 2.44. The molecule has 0 saturated heterocycles. The van der Waals surface area contributed by atoms with E-state index >= 15 is 0 Å². The lowest BCUT2D eigenvalue weighted by molar-refractivity contribution is -0.385. The Morgan fingerprint density at radius 2 is 2.14 bits per heavy atom. The summed E-state index contributed by atoms with van der Waals surface area (Å²) in [7, 11) is 1.26. The van der Waals surface area contributed by atoms with Gasteiger partial charge in [-0.2, -0.15) is 0 Å². The lowest BCUT2D eigenvalue weighted by Gasteiger charge is -2.12. The van der Waals surface area contributed by atoms with Crippen LogP contribution in [0.5, 0.6) is 5.75 Å². The van der Waals surface area contributed by atoms with Crippen molar-refractivity contribution in [2.75, 3.05) is 19.0 Å². The highest BCUT2D eigenvalue weighted by Gasteiger charge is 2.20. The maximum Gasteiger partial charge on any atom is 0.328 e. The number of carbonyl (C=O) groups excluding carboxylic acids is 1. The number of aliphatic carboxylic acids is 1. The van der Waals surface area contributed by atoms with Gasteiger partial charge in [0.15, 0.2) is 11.8 Å². The van der Waals surface area contributed by atoms with Crippen molar-refractivity contribution >= 4 is 23.4 Å². The predicted molar refractivity (Wildman–Crippen MR) is 70.3 cm³/mol. The highest BCUT2D eigenvalue weighted by Crippen LogP contribution is 2.29. The van der Waals surface area contributed by atoms with E-state index in [1.54, 1.807) is 0 Å². The summed E-state index contributed by atoms with van der Waals surface area (Å²) in [5.74, 6) is -1.39. The molecule has 1 aromatic rings. The third-order valence-electron chi connectivity index (χ3n) is 2.42. The van der Waals surface area contributed by atoms with Crippen LogP contribution in [0.15, 0.2) is 18.2 Å². The van der Waals surface area contributed by atoms with Crippen LogP contribution in [-0.4, -0.2) is 46.9 Å². The van der Waals surface area contributed by atoms with Gasteiger partial charge in [-0.3, -0.25) is 10.1 Å². The lowest BCUT2D eigenvalue weighted by atomic mass is 10.2. The topological polar surface area (TPSA) is 151 Å². The molecule has 0 aromatic heterocycles. The molecular weight excluding hydrogens is 286 g/mol. The summed E-state index contributed by atoms with van der Waals surface area (Å²) in [6.07, 6.45) is 0. The average molecular weight is 299 g/mol. The third-order valence-corrected chi connectivity index (χ3v) is 2.42. The summed E-state index contributed by atoms with van der Waals surface area (Å²) >= 11 is 0. The summed E-state index contributed by atoms with van der Waals surface area (Å²) in [5, 5.41) is 32.5. The number of carboxylic acid groups (broad SMARTS) is 1. The van der Waals surface area contributed by atoms with Gasteiger partial charge in [-0.25, -0.2) is 9.59 Å². The number of carboxylic acids is 1. The number of urea groups is 1. The number of hydrogen-bond donors (Lipinski definition) is 4. The minimum Gasteiger partial charge on any atom is -0.490 e. The molecule has 2 amide bonds. The predicted octanol–water partition coefficient (Wildman–Crippen LogP) is 0.170. The first kappa shape index (κ1) is 16.2. The van der Waals surface area contributed by atoms with Gasteiger partial charge in [0, 0.05) is 11.8 Å². The number of methoxy groups -OCH3 is 1. The van der Waals surface area contributed by atoms with Gasteiger partial charge in [-0.15, -0.1) is 0 Å². The van der Waals surface area contributed by atoms with Crippen LogP contribution in [0.2, 0.25) is 0 Å². The maximum absolute atomic E-state index is 11.5. The molecule has 0 aliphatic rings. The summed E-state index contributed by atoms with van der Waals surface area (Å²) in [5.41, 5.74) is -0.283. The summed E-state index contributed by atoms with van der Waals surface area (Å²) in [6.45, 7) is -0.786. The number of hydrogen-bond acceptors (Lipinski definition) is 6. The molecule has 10 heteroatoms. The van der Waals surface area contributed by atoms with Crippen molar-refractivity contribution in [2.24, 2.45) is 0 Å². The van der Waals surface area contributed by atoms with E-state index in [-0.39, 0.29) is 17.1 Å². The Morgan fingerprint density at radius 1 is 1.48 bits per heavy atom. The highest BCUT2D eigenvalue weighted by molar-refractivity contribution is 5.92. The van der Waals surface area contributed by atoms with Gasteiger partial charge in [-0.05, 0) is 12.1 Å². The van der Waals surface area contributed by atoms with E-state index in [0.29, 0.717) is 0 Å². The van der Waals surface area contributed by atoms with Crippen LogP contribution in [-0.2, 0) is 4.79 Å². The molecule has 0 bridgehead atoms. The molecule has 10 nitrogen and oxygen atoms in total. The van der Waals surface area contributed by atoms with Crippen LogP contribution in [0.4, 0.5) is 16.2 Å². The first-order valence-electron chi connectivity index (χ1n) is 5.62. The Kier molecular flexibility index (Phi) is 5.43. The second-order valence-corrected chi connectivity index (χ2v) is 3.82.